The molecule has 1 rings (SSSR count). The van der Waals surface area contributed by atoms with Gasteiger partial charge in [-0.15, -0.1) is 0 Å². The van der Waals surface area contributed by atoms with Crippen molar-refractivity contribution in [3.05, 3.63) is 28.8 Å². The predicted molar refractivity (Wildman–Crippen MR) is 86.4 cm³/mol. The molecule has 20 heavy (non-hydrogen) atoms. The van der Waals surface area contributed by atoms with Crippen LogP contribution in [0.4, 0.5) is 0 Å². The van der Waals surface area contributed by atoms with Crippen molar-refractivity contribution in [1.29, 1.82) is 0 Å². The average Bonchev–Trinajstić information content (AvgIpc) is 2.38. The van der Waals surface area contributed by atoms with E-state index in [9.17, 15) is 0 Å². The van der Waals surface area contributed by atoms with Crippen molar-refractivity contribution in [1.82, 2.24) is 0 Å². The molecule has 3 nitrogen and oxygen atoms in total. The summed E-state index contributed by atoms with van der Waals surface area (Å²) in [6.45, 7) is 10.1. The SMILES string of the molecule is COc1c(CCC(CN)CN)cc(C)cc1C(C)(C)C. The molecule has 0 aliphatic carbocycles. The monoisotopic (exact) mass is 278 g/mol. The van der Waals surface area contributed by atoms with Crippen LogP contribution in [-0.2, 0) is 11.8 Å². The van der Waals surface area contributed by atoms with Crippen LogP contribution in [0.3, 0.4) is 0 Å². The lowest BCUT2D eigenvalue weighted by Gasteiger charge is -2.25. The first-order valence-corrected chi connectivity index (χ1v) is 7.41. The van der Waals surface area contributed by atoms with Gasteiger partial charge in [0.1, 0.15) is 5.75 Å². The Morgan fingerprint density at radius 3 is 2.20 bits per heavy atom. The largest absolute Gasteiger partial charge is 0.496 e. The topological polar surface area (TPSA) is 61.3 Å². The van der Waals surface area contributed by atoms with Gasteiger partial charge < -0.3 is 16.2 Å². The molecule has 114 valence electrons. The Bertz CT molecular complexity index is 431. The molecule has 1 aromatic carbocycles. The van der Waals surface area contributed by atoms with Gasteiger partial charge in [0.05, 0.1) is 7.11 Å². The number of ether oxygens (including phenoxy) is 1. The van der Waals surface area contributed by atoms with Crippen LogP contribution in [0, 0.1) is 12.8 Å². The first-order chi connectivity index (χ1) is 9.33. The number of benzene rings is 1. The molecule has 0 radical (unpaired) electrons. The quantitative estimate of drug-likeness (QED) is 0.841. The number of hydrogen-bond donors (Lipinski definition) is 2. The molecule has 4 N–H and O–H groups in total. The zero-order valence-electron chi connectivity index (χ0n) is 13.6. The summed E-state index contributed by atoms with van der Waals surface area (Å²) in [5.41, 5.74) is 15.4. The van der Waals surface area contributed by atoms with Gasteiger partial charge in [0.25, 0.3) is 0 Å². The summed E-state index contributed by atoms with van der Waals surface area (Å²) in [7, 11) is 1.76. The lowest BCUT2D eigenvalue weighted by molar-refractivity contribution is 0.389. The van der Waals surface area contributed by atoms with Crippen LogP contribution in [0.2, 0.25) is 0 Å². The highest BCUT2D eigenvalue weighted by Crippen LogP contribution is 2.36. The number of hydrogen-bond acceptors (Lipinski definition) is 3. The van der Waals surface area contributed by atoms with E-state index in [1.165, 1.54) is 16.7 Å². The molecular formula is C17H30N2O. The van der Waals surface area contributed by atoms with Gasteiger partial charge in [0, 0.05) is 5.56 Å². The second-order valence-corrected chi connectivity index (χ2v) is 6.63. The maximum atomic E-state index is 5.74. The Kier molecular flexibility index (Phi) is 6.03. The Labute approximate surface area is 123 Å². The first kappa shape index (κ1) is 17.0. The van der Waals surface area contributed by atoms with Gasteiger partial charge in [-0.05, 0) is 49.8 Å². The first-order valence-electron chi connectivity index (χ1n) is 7.41. The van der Waals surface area contributed by atoms with Crippen LogP contribution in [0.1, 0.15) is 43.9 Å². The maximum Gasteiger partial charge on any atom is 0.125 e. The van der Waals surface area contributed by atoms with Crippen LogP contribution in [0.5, 0.6) is 5.75 Å². The summed E-state index contributed by atoms with van der Waals surface area (Å²) < 4.78 is 5.70. The molecule has 0 unspecified atom stereocenters. The lowest BCUT2D eigenvalue weighted by atomic mass is 9.83. The van der Waals surface area contributed by atoms with Crippen LogP contribution in [0.15, 0.2) is 12.1 Å². The molecule has 0 atom stereocenters. The molecular weight excluding hydrogens is 248 g/mol. The summed E-state index contributed by atoms with van der Waals surface area (Å²) in [6.07, 6.45) is 1.98. The molecule has 1 aromatic rings. The standard InChI is InChI=1S/C17H30N2O/c1-12-8-14(7-6-13(10-18)11-19)16(20-5)15(9-12)17(2,3)4/h8-9,13H,6-7,10-11,18-19H2,1-5H3. The van der Waals surface area contributed by atoms with E-state index < -0.39 is 0 Å². The van der Waals surface area contributed by atoms with Crippen molar-refractivity contribution < 1.29 is 4.74 Å². The molecule has 0 aliphatic rings. The molecule has 0 aromatic heterocycles. The van der Waals surface area contributed by atoms with E-state index in [0.29, 0.717) is 19.0 Å². The van der Waals surface area contributed by atoms with Crippen LogP contribution < -0.4 is 16.2 Å². The van der Waals surface area contributed by atoms with E-state index in [2.05, 4.69) is 39.8 Å². The summed E-state index contributed by atoms with van der Waals surface area (Å²) in [4.78, 5) is 0. The Balaban J connectivity index is 3.09. The molecule has 0 heterocycles. The minimum atomic E-state index is 0.0766. The lowest BCUT2D eigenvalue weighted by Crippen LogP contribution is -2.24. The van der Waals surface area contributed by atoms with Crippen molar-refractivity contribution >= 4 is 0 Å². The number of rotatable bonds is 6. The highest BCUT2D eigenvalue weighted by molar-refractivity contribution is 5.47. The smallest absolute Gasteiger partial charge is 0.125 e. The third-order valence-corrected chi connectivity index (χ3v) is 3.81. The fraction of sp³-hybridized carbons (Fsp3) is 0.647. The van der Waals surface area contributed by atoms with E-state index in [1.807, 2.05) is 0 Å². The van der Waals surface area contributed by atoms with E-state index >= 15 is 0 Å². The van der Waals surface area contributed by atoms with Gasteiger partial charge in [0.15, 0.2) is 0 Å². The van der Waals surface area contributed by atoms with Crippen molar-refractivity contribution in [2.24, 2.45) is 17.4 Å². The second-order valence-electron chi connectivity index (χ2n) is 6.63. The fourth-order valence-corrected chi connectivity index (χ4v) is 2.52. The molecule has 0 aliphatic heterocycles. The molecule has 0 bridgehead atoms. The number of aryl methyl sites for hydroxylation is 2. The maximum absolute atomic E-state index is 5.74. The average molecular weight is 278 g/mol. The molecule has 0 saturated carbocycles. The Morgan fingerprint density at radius 1 is 1.15 bits per heavy atom. The zero-order valence-corrected chi connectivity index (χ0v) is 13.6. The molecule has 0 spiro atoms. The van der Waals surface area contributed by atoms with Gasteiger partial charge in [0.2, 0.25) is 0 Å². The van der Waals surface area contributed by atoms with Gasteiger partial charge in [-0.2, -0.15) is 0 Å². The number of nitrogens with two attached hydrogens (primary N) is 2. The van der Waals surface area contributed by atoms with Crippen LogP contribution in [-0.4, -0.2) is 20.2 Å². The normalized spacial score (nSPS) is 12.0. The van der Waals surface area contributed by atoms with Crippen LogP contribution in [0.25, 0.3) is 0 Å². The van der Waals surface area contributed by atoms with Gasteiger partial charge in [-0.25, -0.2) is 0 Å². The minimum Gasteiger partial charge on any atom is -0.496 e. The van der Waals surface area contributed by atoms with Crippen molar-refractivity contribution in [3.8, 4) is 5.75 Å². The van der Waals surface area contributed by atoms with E-state index in [0.717, 1.165) is 18.6 Å². The van der Waals surface area contributed by atoms with Gasteiger partial charge >= 0.3 is 0 Å². The molecule has 0 saturated heterocycles. The molecule has 0 fully saturated rings. The zero-order chi connectivity index (χ0) is 15.3. The van der Waals surface area contributed by atoms with E-state index in [4.69, 9.17) is 16.2 Å². The molecule has 0 amide bonds. The van der Waals surface area contributed by atoms with Crippen LogP contribution >= 0.6 is 0 Å². The molecule has 3 heteroatoms. The van der Waals surface area contributed by atoms with E-state index in [-0.39, 0.29) is 5.41 Å². The minimum absolute atomic E-state index is 0.0766. The van der Waals surface area contributed by atoms with E-state index in [1.54, 1.807) is 7.11 Å². The van der Waals surface area contributed by atoms with Gasteiger partial charge in [-0.3, -0.25) is 0 Å². The highest BCUT2D eigenvalue weighted by atomic mass is 16.5. The summed E-state index contributed by atoms with van der Waals surface area (Å²) in [5.74, 6) is 1.41. The third kappa shape index (κ3) is 4.22. The summed E-state index contributed by atoms with van der Waals surface area (Å²) in [6, 6.07) is 4.45. The second kappa shape index (κ2) is 7.09. The number of methoxy groups -OCH3 is 1. The highest BCUT2D eigenvalue weighted by Gasteiger charge is 2.22. The summed E-state index contributed by atoms with van der Waals surface area (Å²) in [5, 5.41) is 0. The summed E-state index contributed by atoms with van der Waals surface area (Å²) >= 11 is 0. The van der Waals surface area contributed by atoms with Crippen molar-refractivity contribution in [2.75, 3.05) is 20.2 Å². The Morgan fingerprint density at radius 2 is 1.75 bits per heavy atom. The Hall–Kier alpha value is -1.06. The van der Waals surface area contributed by atoms with Gasteiger partial charge in [-0.1, -0.05) is 38.5 Å². The van der Waals surface area contributed by atoms with Crippen molar-refractivity contribution in [2.45, 2.75) is 46.0 Å². The third-order valence-electron chi connectivity index (χ3n) is 3.81. The predicted octanol–water partition coefficient (Wildman–Crippen LogP) is 2.77. The fourth-order valence-electron chi connectivity index (χ4n) is 2.52. The van der Waals surface area contributed by atoms with Crippen molar-refractivity contribution in [3.63, 3.8) is 0 Å².